The average molecular weight is 478 g/mol. The van der Waals surface area contributed by atoms with Gasteiger partial charge in [-0.05, 0) is 69.6 Å². The molecule has 0 aromatic heterocycles. The fourth-order valence-electron chi connectivity index (χ4n) is 5.08. The maximum absolute atomic E-state index is 12.9. The second kappa shape index (κ2) is 13.5. The number of aliphatic hydroxyl groups is 3. The number of halogens is 3. The van der Waals surface area contributed by atoms with Crippen molar-refractivity contribution in [2.45, 2.75) is 108 Å². The molecule has 2 aliphatic carbocycles. The molecule has 0 spiro atoms. The molecule has 1 fully saturated rings. The number of hydroxylamine groups is 1. The zero-order valence-electron chi connectivity index (χ0n) is 19.1. The van der Waals surface area contributed by atoms with Crippen molar-refractivity contribution >= 4 is 5.91 Å². The van der Waals surface area contributed by atoms with Crippen molar-refractivity contribution < 1.29 is 38.5 Å². The molecule has 5 atom stereocenters. The van der Waals surface area contributed by atoms with Gasteiger partial charge in [-0.3, -0.25) is 10.0 Å². The standard InChI is InChI=1S/C24H38F3NO5/c25-24(26,27)17-7-5-6-16(14-17)10-11-18(29)12-13-20-19(21(30)15-22(20)31)8-3-1-2-4-9-23(32)28-33/h6,14,18-22,29-31,33H,1-5,7-13,15H2,(H,28,32)/t18-,19+,20?,21+,22+/m0/s1. The van der Waals surface area contributed by atoms with E-state index in [1.165, 1.54) is 6.08 Å². The van der Waals surface area contributed by atoms with Crippen LogP contribution in [-0.4, -0.2) is 50.9 Å². The van der Waals surface area contributed by atoms with Crippen LogP contribution in [0.5, 0.6) is 0 Å². The zero-order valence-corrected chi connectivity index (χ0v) is 19.1. The first-order chi connectivity index (χ1) is 15.6. The van der Waals surface area contributed by atoms with Gasteiger partial charge in [0.1, 0.15) is 0 Å². The summed E-state index contributed by atoms with van der Waals surface area (Å²) in [6, 6.07) is 0. The second-order valence-corrected chi connectivity index (χ2v) is 9.44. The van der Waals surface area contributed by atoms with Crippen LogP contribution < -0.4 is 5.48 Å². The van der Waals surface area contributed by atoms with Crippen LogP contribution in [-0.2, 0) is 4.79 Å². The molecule has 0 heterocycles. The fourth-order valence-corrected chi connectivity index (χ4v) is 5.08. The van der Waals surface area contributed by atoms with Gasteiger partial charge in [0, 0.05) is 12.0 Å². The third-order valence-electron chi connectivity index (χ3n) is 6.98. The van der Waals surface area contributed by atoms with Crippen LogP contribution in [0.4, 0.5) is 13.2 Å². The molecule has 1 unspecified atom stereocenters. The molecule has 2 rings (SSSR count). The number of unbranched alkanes of at least 4 members (excludes halogenated alkanes) is 3. The van der Waals surface area contributed by atoms with Gasteiger partial charge in [-0.1, -0.05) is 37.0 Å². The van der Waals surface area contributed by atoms with Gasteiger partial charge in [0.25, 0.3) is 0 Å². The van der Waals surface area contributed by atoms with Gasteiger partial charge >= 0.3 is 6.18 Å². The Labute approximate surface area is 193 Å². The van der Waals surface area contributed by atoms with Crippen LogP contribution in [0.15, 0.2) is 23.3 Å². The molecule has 1 saturated carbocycles. The summed E-state index contributed by atoms with van der Waals surface area (Å²) in [6.07, 6.45) is 3.51. The lowest BCUT2D eigenvalue weighted by atomic mass is 9.84. The van der Waals surface area contributed by atoms with Crippen LogP contribution in [0.2, 0.25) is 0 Å². The summed E-state index contributed by atoms with van der Waals surface area (Å²) in [6.45, 7) is 0. The predicted molar refractivity (Wildman–Crippen MR) is 117 cm³/mol. The first-order valence-corrected chi connectivity index (χ1v) is 12.1. The second-order valence-electron chi connectivity index (χ2n) is 9.44. The molecule has 2 aliphatic rings. The Morgan fingerprint density at radius 2 is 1.73 bits per heavy atom. The van der Waals surface area contributed by atoms with Crippen LogP contribution in [0, 0.1) is 11.8 Å². The predicted octanol–water partition coefficient (Wildman–Crippen LogP) is 4.32. The summed E-state index contributed by atoms with van der Waals surface area (Å²) < 4.78 is 38.7. The number of nitrogens with one attached hydrogen (secondary N) is 1. The third-order valence-corrected chi connectivity index (χ3v) is 6.98. The lowest BCUT2D eigenvalue weighted by molar-refractivity contribution is -0.129. The quantitative estimate of drug-likeness (QED) is 0.154. The van der Waals surface area contributed by atoms with Crippen LogP contribution in [0.25, 0.3) is 0 Å². The van der Waals surface area contributed by atoms with Crippen LogP contribution >= 0.6 is 0 Å². The highest BCUT2D eigenvalue weighted by molar-refractivity contribution is 5.74. The van der Waals surface area contributed by atoms with Gasteiger partial charge in [-0.25, -0.2) is 5.48 Å². The lowest BCUT2D eigenvalue weighted by Crippen LogP contribution is -2.24. The molecule has 5 N–H and O–H groups in total. The van der Waals surface area contributed by atoms with E-state index in [0.29, 0.717) is 50.5 Å². The Morgan fingerprint density at radius 1 is 1.06 bits per heavy atom. The fraction of sp³-hybridized carbons (Fsp3) is 0.792. The number of rotatable bonds is 13. The number of alkyl halides is 3. The van der Waals surface area contributed by atoms with Crippen molar-refractivity contribution in [3.8, 4) is 0 Å². The van der Waals surface area contributed by atoms with Crippen molar-refractivity contribution in [2.75, 3.05) is 0 Å². The number of aliphatic hydroxyl groups excluding tert-OH is 3. The third kappa shape index (κ3) is 9.39. The molecule has 33 heavy (non-hydrogen) atoms. The molecule has 0 saturated heterocycles. The highest BCUT2D eigenvalue weighted by Crippen LogP contribution is 2.39. The molecular formula is C24H38F3NO5. The molecule has 9 heteroatoms. The monoisotopic (exact) mass is 477 g/mol. The Kier molecular flexibility index (Phi) is 11.4. The van der Waals surface area contributed by atoms with Gasteiger partial charge in [-0.2, -0.15) is 13.2 Å². The first-order valence-electron chi connectivity index (χ1n) is 12.1. The molecule has 0 aromatic rings. The summed E-state index contributed by atoms with van der Waals surface area (Å²) in [5.74, 6) is -0.564. The minimum Gasteiger partial charge on any atom is -0.393 e. The highest BCUT2D eigenvalue weighted by atomic mass is 19.4. The van der Waals surface area contributed by atoms with Crippen molar-refractivity contribution in [1.82, 2.24) is 5.48 Å². The smallest absolute Gasteiger partial charge is 0.393 e. The molecule has 6 nitrogen and oxygen atoms in total. The van der Waals surface area contributed by atoms with E-state index in [-0.39, 0.29) is 24.7 Å². The van der Waals surface area contributed by atoms with E-state index < -0.39 is 36.0 Å². The lowest BCUT2D eigenvalue weighted by Gasteiger charge is -2.25. The van der Waals surface area contributed by atoms with Crippen molar-refractivity contribution in [3.05, 3.63) is 23.3 Å². The largest absolute Gasteiger partial charge is 0.412 e. The Bertz CT molecular complexity index is 680. The van der Waals surface area contributed by atoms with E-state index in [1.54, 1.807) is 11.6 Å². The maximum Gasteiger partial charge on any atom is 0.412 e. The molecular weight excluding hydrogens is 439 g/mol. The maximum atomic E-state index is 12.9. The molecule has 0 aromatic carbocycles. The number of carbonyl (C=O) groups excluding carboxylic acids is 1. The van der Waals surface area contributed by atoms with E-state index in [1.807, 2.05) is 0 Å². The number of allylic oxidation sites excluding steroid dienone is 4. The van der Waals surface area contributed by atoms with Gasteiger partial charge < -0.3 is 15.3 Å². The first kappa shape index (κ1) is 27.8. The molecule has 0 radical (unpaired) electrons. The van der Waals surface area contributed by atoms with Crippen molar-refractivity contribution in [3.63, 3.8) is 0 Å². The minimum absolute atomic E-state index is 0.00315. The zero-order chi connectivity index (χ0) is 24.4. The van der Waals surface area contributed by atoms with E-state index in [4.69, 9.17) is 5.21 Å². The highest BCUT2D eigenvalue weighted by Gasteiger charge is 2.41. The van der Waals surface area contributed by atoms with E-state index in [2.05, 4.69) is 0 Å². The molecule has 0 bridgehead atoms. The Hall–Kier alpha value is -1.42. The van der Waals surface area contributed by atoms with E-state index in [0.717, 1.165) is 25.7 Å². The number of hydrogen-bond acceptors (Lipinski definition) is 5. The van der Waals surface area contributed by atoms with Gasteiger partial charge in [0.2, 0.25) is 5.91 Å². The summed E-state index contributed by atoms with van der Waals surface area (Å²) in [7, 11) is 0. The summed E-state index contributed by atoms with van der Waals surface area (Å²) in [5, 5.41) is 39.6. The van der Waals surface area contributed by atoms with Crippen molar-refractivity contribution in [1.29, 1.82) is 0 Å². The topological polar surface area (TPSA) is 110 Å². The summed E-state index contributed by atoms with van der Waals surface area (Å²) >= 11 is 0. The number of hydrogen-bond donors (Lipinski definition) is 5. The van der Waals surface area contributed by atoms with Gasteiger partial charge in [0.05, 0.1) is 18.3 Å². The summed E-state index contributed by atoms with van der Waals surface area (Å²) in [5.41, 5.74) is 1.70. The summed E-state index contributed by atoms with van der Waals surface area (Å²) in [4.78, 5) is 11.0. The normalized spacial score (nSPS) is 26.6. The Morgan fingerprint density at radius 3 is 2.39 bits per heavy atom. The number of carbonyl (C=O) groups is 1. The molecule has 0 aliphatic heterocycles. The van der Waals surface area contributed by atoms with Gasteiger partial charge in [0.15, 0.2) is 0 Å². The van der Waals surface area contributed by atoms with E-state index in [9.17, 15) is 33.3 Å². The van der Waals surface area contributed by atoms with Crippen molar-refractivity contribution in [2.24, 2.45) is 11.8 Å². The average Bonchev–Trinajstić information content (AvgIpc) is 3.04. The van der Waals surface area contributed by atoms with Gasteiger partial charge in [-0.15, -0.1) is 0 Å². The molecule has 1 amide bonds. The van der Waals surface area contributed by atoms with E-state index >= 15 is 0 Å². The SMILES string of the molecule is O=C(CCCCCC[C@@H]1C(CC[C@@H](O)CCC2=CCCC(C(F)(F)F)=C2)[C@H](O)C[C@H]1O)NO. The Balaban J connectivity index is 1.72. The van der Waals surface area contributed by atoms with Crippen LogP contribution in [0.1, 0.15) is 83.5 Å². The number of amides is 1. The molecule has 190 valence electrons. The minimum atomic E-state index is -4.30. The van der Waals surface area contributed by atoms with Crippen LogP contribution in [0.3, 0.4) is 0 Å².